The maximum Gasteiger partial charge on any atom is 0.273 e. The first-order chi connectivity index (χ1) is 12.8. The van der Waals surface area contributed by atoms with Gasteiger partial charge in [-0.15, -0.1) is 0 Å². The maximum absolute atomic E-state index is 12.3. The highest BCUT2D eigenvalue weighted by atomic mass is 16.5. The molecular weight excluding hydrogens is 342 g/mol. The molecular formula is C19H14B2N2O4. The van der Waals surface area contributed by atoms with Crippen LogP contribution in [0.2, 0.25) is 0 Å². The number of aryl methyl sites for hydroxylation is 1. The number of amides is 1. The number of hydrogen-bond acceptors (Lipinski definition) is 5. The predicted molar refractivity (Wildman–Crippen MR) is 102 cm³/mol. The van der Waals surface area contributed by atoms with E-state index in [-0.39, 0.29) is 17.7 Å². The number of benzene rings is 2. The molecule has 8 heteroatoms. The summed E-state index contributed by atoms with van der Waals surface area (Å²) in [6.07, 6.45) is 0.184. The summed E-state index contributed by atoms with van der Waals surface area (Å²) < 4.78 is 5.78. The molecule has 130 valence electrons. The molecule has 3 rings (SSSR count). The molecule has 1 heterocycles. The van der Waals surface area contributed by atoms with E-state index in [2.05, 4.69) is 10.3 Å². The number of para-hydroxylation sites is 1. The van der Waals surface area contributed by atoms with Crippen LogP contribution in [0.3, 0.4) is 0 Å². The van der Waals surface area contributed by atoms with Gasteiger partial charge in [0.25, 0.3) is 5.91 Å². The third kappa shape index (κ3) is 3.95. The summed E-state index contributed by atoms with van der Waals surface area (Å²) in [7, 11) is 10.8. The number of nitrogens with one attached hydrogen (secondary N) is 1. The van der Waals surface area contributed by atoms with E-state index in [1.807, 2.05) is 30.3 Å². The van der Waals surface area contributed by atoms with Crippen LogP contribution in [-0.2, 0) is 4.79 Å². The van der Waals surface area contributed by atoms with Crippen molar-refractivity contribution in [1.82, 2.24) is 10.3 Å². The van der Waals surface area contributed by atoms with Crippen molar-refractivity contribution in [3.05, 3.63) is 59.9 Å². The molecule has 6 nitrogen and oxygen atoms in total. The van der Waals surface area contributed by atoms with Crippen LogP contribution in [0.15, 0.2) is 48.5 Å². The molecule has 0 aliphatic rings. The Balaban J connectivity index is 1.99. The van der Waals surface area contributed by atoms with E-state index in [1.165, 1.54) is 0 Å². The van der Waals surface area contributed by atoms with E-state index in [0.717, 1.165) is 0 Å². The Morgan fingerprint density at radius 2 is 1.85 bits per heavy atom. The third-order valence-electron chi connectivity index (χ3n) is 3.86. The minimum Gasteiger partial charge on any atom is -0.505 e. The fourth-order valence-electron chi connectivity index (χ4n) is 2.57. The van der Waals surface area contributed by atoms with E-state index in [4.69, 9.17) is 20.4 Å². The Bertz CT molecular complexity index is 1020. The Kier molecular flexibility index (Phi) is 4.90. The van der Waals surface area contributed by atoms with E-state index in [1.54, 1.807) is 25.1 Å². The van der Waals surface area contributed by atoms with E-state index >= 15 is 0 Å². The van der Waals surface area contributed by atoms with Crippen LogP contribution >= 0.6 is 0 Å². The van der Waals surface area contributed by atoms with Crippen molar-refractivity contribution in [2.24, 2.45) is 0 Å². The number of nitrogens with zero attached hydrogens (tertiary/aromatic N) is 1. The molecule has 0 saturated carbocycles. The van der Waals surface area contributed by atoms with Crippen LogP contribution < -0.4 is 10.1 Å². The van der Waals surface area contributed by atoms with Gasteiger partial charge in [0, 0.05) is 21.8 Å². The second-order valence-corrected chi connectivity index (χ2v) is 6.02. The zero-order valence-corrected chi connectivity index (χ0v) is 14.5. The molecule has 3 aromatic rings. The number of aromatic nitrogens is 1. The van der Waals surface area contributed by atoms with Crippen LogP contribution in [0.1, 0.15) is 16.2 Å². The van der Waals surface area contributed by atoms with Crippen molar-refractivity contribution in [1.29, 1.82) is 0 Å². The van der Waals surface area contributed by atoms with Crippen molar-refractivity contribution < 1.29 is 19.4 Å². The highest BCUT2D eigenvalue weighted by molar-refractivity contribution is 6.49. The number of fused-ring (bicyclic) bond motifs is 1. The molecule has 27 heavy (non-hydrogen) atoms. The van der Waals surface area contributed by atoms with Crippen LogP contribution in [0.25, 0.3) is 10.8 Å². The predicted octanol–water partition coefficient (Wildman–Crippen LogP) is 1.96. The smallest absolute Gasteiger partial charge is 0.273 e. The van der Waals surface area contributed by atoms with Crippen molar-refractivity contribution >= 4 is 38.7 Å². The quantitative estimate of drug-likeness (QED) is 0.539. The lowest BCUT2D eigenvalue weighted by Crippen LogP contribution is -2.51. The average molecular weight is 356 g/mol. The lowest BCUT2D eigenvalue weighted by molar-refractivity contribution is -0.108. The first kappa shape index (κ1) is 18.5. The number of ether oxygens (including phenoxy) is 1. The van der Waals surface area contributed by atoms with Crippen molar-refractivity contribution in [2.75, 3.05) is 0 Å². The van der Waals surface area contributed by atoms with Gasteiger partial charge in [0.1, 0.15) is 17.8 Å². The molecule has 4 radical (unpaired) electrons. The van der Waals surface area contributed by atoms with Gasteiger partial charge >= 0.3 is 0 Å². The fraction of sp³-hybridized carbons (Fsp3) is 0.105. The van der Waals surface area contributed by atoms with Gasteiger partial charge in [-0.05, 0) is 37.3 Å². The largest absolute Gasteiger partial charge is 0.505 e. The number of hydrogen-bond donors (Lipinski definition) is 2. The molecule has 0 unspecified atom stereocenters. The first-order valence-electron chi connectivity index (χ1n) is 8.03. The normalized spacial score (nSPS) is 11.1. The van der Waals surface area contributed by atoms with Crippen LogP contribution in [0.4, 0.5) is 0 Å². The minimum absolute atomic E-state index is 0.184. The number of rotatable bonds is 5. The second kappa shape index (κ2) is 7.15. The Labute approximate surface area is 158 Å². The molecule has 0 aliphatic carbocycles. The van der Waals surface area contributed by atoms with E-state index in [9.17, 15) is 14.7 Å². The van der Waals surface area contributed by atoms with Crippen molar-refractivity contribution in [2.45, 2.75) is 12.3 Å². The molecule has 1 amide bonds. The summed E-state index contributed by atoms with van der Waals surface area (Å²) in [4.78, 5) is 27.2. The molecule has 2 N–H and O–H groups in total. The summed E-state index contributed by atoms with van der Waals surface area (Å²) in [6.45, 7) is 1.68. The molecule has 0 atom stereocenters. The summed E-state index contributed by atoms with van der Waals surface area (Å²) in [6, 6.07) is 14.2. The standard InChI is InChI=1S/C19H14B2N2O4/c1-11-15-9-13(27-12-5-3-2-4-6-12)7-8-14(15)17(25)16(22-11)18(26)23-19(20,21)10-24/h2-10,25H,1H3,(H,23,26). The van der Waals surface area contributed by atoms with Crippen molar-refractivity contribution in [3.63, 3.8) is 0 Å². The highest BCUT2D eigenvalue weighted by Crippen LogP contribution is 2.33. The number of aromatic hydroxyl groups is 1. The lowest BCUT2D eigenvalue weighted by atomic mass is 9.63. The van der Waals surface area contributed by atoms with Gasteiger partial charge in [0.15, 0.2) is 11.4 Å². The number of carbonyl (C=O) groups is 2. The molecule has 0 saturated heterocycles. The topological polar surface area (TPSA) is 88.5 Å². The average Bonchev–Trinajstić information content (AvgIpc) is 2.65. The van der Waals surface area contributed by atoms with Gasteiger partial charge in [-0.3, -0.25) is 4.79 Å². The lowest BCUT2D eigenvalue weighted by Gasteiger charge is -2.20. The SMILES string of the molecule is [B]C([B])(C=O)NC(=O)c1nc(C)c2cc(Oc3ccccc3)ccc2c1O. The summed E-state index contributed by atoms with van der Waals surface area (Å²) in [5.74, 6) is 0.0122. The molecule has 0 bridgehead atoms. The Morgan fingerprint density at radius 1 is 1.15 bits per heavy atom. The van der Waals surface area contributed by atoms with E-state index < -0.39 is 11.2 Å². The van der Waals surface area contributed by atoms with Crippen LogP contribution in [-0.4, -0.2) is 43.3 Å². The first-order valence-corrected chi connectivity index (χ1v) is 8.03. The number of carbonyl (C=O) groups excluding carboxylic acids is 2. The van der Waals surface area contributed by atoms with Gasteiger partial charge in [-0.1, -0.05) is 18.2 Å². The van der Waals surface area contributed by atoms with Gasteiger partial charge in [0.2, 0.25) is 0 Å². The number of pyridine rings is 1. The second-order valence-electron chi connectivity index (χ2n) is 6.02. The highest BCUT2D eigenvalue weighted by Gasteiger charge is 2.24. The molecule has 0 aliphatic heterocycles. The summed E-state index contributed by atoms with van der Waals surface area (Å²) in [5.41, 5.74) is 0.205. The molecule has 0 spiro atoms. The van der Waals surface area contributed by atoms with Gasteiger partial charge in [-0.25, -0.2) is 4.98 Å². The Hall–Kier alpha value is -3.28. The fourth-order valence-corrected chi connectivity index (χ4v) is 2.57. The van der Waals surface area contributed by atoms with Crippen molar-refractivity contribution in [3.8, 4) is 17.2 Å². The summed E-state index contributed by atoms with van der Waals surface area (Å²) in [5, 5.41) is 11.5. The zero-order valence-electron chi connectivity index (χ0n) is 14.5. The molecule has 1 aromatic heterocycles. The van der Waals surface area contributed by atoms with Gasteiger partial charge in [-0.2, -0.15) is 0 Å². The Morgan fingerprint density at radius 3 is 2.52 bits per heavy atom. The van der Waals surface area contributed by atoms with E-state index in [0.29, 0.717) is 28.0 Å². The maximum atomic E-state index is 12.3. The monoisotopic (exact) mass is 356 g/mol. The van der Waals surface area contributed by atoms with Gasteiger partial charge < -0.3 is 20.0 Å². The van der Waals surface area contributed by atoms with Crippen LogP contribution in [0, 0.1) is 6.92 Å². The number of aldehydes is 1. The minimum atomic E-state index is -2.05. The van der Waals surface area contributed by atoms with Gasteiger partial charge in [0.05, 0.1) is 15.7 Å². The zero-order chi connectivity index (χ0) is 19.6. The summed E-state index contributed by atoms with van der Waals surface area (Å²) >= 11 is 0. The molecule has 0 fully saturated rings. The third-order valence-corrected chi connectivity index (χ3v) is 3.86. The molecule has 2 aromatic carbocycles. The van der Waals surface area contributed by atoms with Crippen LogP contribution in [0.5, 0.6) is 17.2 Å².